The van der Waals surface area contributed by atoms with E-state index in [1.54, 1.807) is 11.3 Å². The maximum atomic E-state index is 12.8. The molecule has 2 aliphatic rings. The maximum Gasteiger partial charge on any atom is 0.223 e. The van der Waals surface area contributed by atoms with E-state index < -0.39 is 0 Å². The van der Waals surface area contributed by atoms with Gasteiger partial charge in [-0.3, -0.25) is 9.36 Å². The molecule has 1 amide bonds. The van der Waals surface area contributed by atoms with E-state index >= 15 is 0 Å². The summed E-state index contributed by atoms with van der Waals surface area (Å²) in [5.41, 5.74) is 2.15. The molecule has 2 aromatic heterocycles. The molecule has 3 aromatic rings. The van der Waals surface area contributed by atoms with E-state index in [-0.39, 0.29) is 11.8 Å². The van der Waals surface area contributed by atoms with Crippen LogP contribution >= 0.6 is 11.3 Å². The van der Waals surface area contributed by atoms with Crippen molar-refractivity contribution in [2.45, 2.75) is 53.0 Å². The molecule has 0 aliphatic carbocycles. The molecule has 4 heterocycles. The number of rotatable bonds is 12. The number of benzene rings is 1. The number of amides is 1. The van der Waals surface area contributed by atoms with E-state index in [9.17, 15) is 4.79 Å². The number of aromatic nitrogens is 3. The van der Waals surface area contributed by atoms with Gasteiger partial charge >= 0.3 is 0 Å². The number of carbonyl (C=O) groups is 1. The molecule has 5 rings (SSSR count). The maximum absolute atomic E-state index is 12.8. The van der Waals surface area contributed by atoms with Crippen LogP contribution in [0.15, 0.2) is 42.6 Å². The predicted molar refractivity (Wildman–Crippen MR) is 166 cm³/mol. The lowest BCUT2D eigenvalue weighted by molar-refractivity contribution is -0.125. The highest BCUT2D eigenvalue weighted by atomic mass is 32.1. The number of carbonyl (C=O) groups excluding carboxylic acids is 1. The van der Waals surface area contributed by atoms with Crippen molar-refractivity contribution in [1.29, 1.82) is 0 Å². The molecular formula is C31H45N7O2S. The number of ether oxygens (including phenoxy) is 1. The molecule has 2 N–H and O–H groups in total. The van der Waals surface area contributed by atoms with Crippen molar-refractivity contribution in [2.24, 2.45) is 17.8 Å². The fourth-order valence-corrected chi connectivity index (χ4v) is 7.09. The van der Waals surface area contributed by atoms with Gasteiger partial charge in [0.15, 0.2) is 0 Å². The van der Waals surface area contributed by atoms with Crippen LogP contribution in [0.3, 0.4) is 0 Å². The van der Waals surface area contributed by atoms with Crippen molar-refractivity contribution < 1.29 is 9.53 Å². The van der Waals surface area contributed by atoms with Gasteiger partial charge in [0.2, 0.25) is 16.2 Å². The standard InChI is InChI=1S/C31H45N7O2S/c1-4-40-28-10-8-26(9-11-28)33-20-27-7-5-16-38(27)31-35-34-30(41-31)37-17-12-25(13-18-37)29(39)32-14-6-15-36-21-23(2)19-24(3)22-36/h5,7-11,16,23-25,33H,4,6,12-15,17-22H2,1-3H3,(H,32,39)/t23-,24-/m1/s1. The zero-order chi connectivity index (χ0) is 28.6. The van der Waals surface area contributed by atoms with Crippen LogP contribution in [0.1, 0.15) is 52.1 Å². The Morgan fingerprint density at radius 3 is 2.51 bits per heavy atom. The summed E-state index contributed by atoms with van der Waals surface area (Å²) in [7, 11) is 0. The second kappa shape index (κ2) is 14.2. The van der Waals surface area contributed by atoms with Crippen LogP contribution in [0, 0.1) is 17.8 Å². The number of hydrogen-bond acceptors (Lipinski definition) is 8. The summed E-state index contributed by atoms with van der Waals surface area (Å²) >= 11 is 1.60. The SMILES string of the molecule is CCOc1ccc(NCc2cccn2-c2nnc(N3CCC(C(=O)NCCCN4C[C@H](C)C[C@@H](C)C4)CC3)s2)cc1. The van der Waals surface area contributed by atoms with Gasteiger partial charge in [-0.2, -0.15) is 0 Å². The van der Waals surface area contributed by atoms with Gasteiger partial charge in [-0.25, -0.2) is 0 Å². The molecule has 1 aromatic carbocycles. The first-order chi connectivity index (χ1) is 20.0. The minimum Gasteiger partial charge on any atom is -0.494 e. The van der Waals surface area contributed by atoms with E-state index in [0.717, 1.165) is 84.7 Å². The Morgan fingerprint density at radius 1 is 1.05 bits per heavy atom. The van der Waals surface area contributed by atoms with E-state index in [0.29, 0.717) is 13.2 Å². The van der Waals surface area contributed by atoms with Gasteiger partial charge < -0.3 is 25.2 Å². The van der Waals surface area contributed by atoms with Gasteiger partial charge in [0.05, 0.1) is 13.2 Å². The zero-order valence-electron chi connectivity index (χ0n) is 24.7. The Bertz CT molecular complexity index is 1230. The number of piperidine rings is 2. The first-order valence-electron chi connectivity index (χ1n) is 15.2. The molecule has 10 heteroatoms. The van der Waals surface area contributed by atoms with E-state index in [1.165, 1.54) is 19.5 Å². The Kier molecular flexibility index (Phi) is 10.2. The number of anilines is 2. The van der Waals surface area contributed by atoms with Crippen LogP contribution in [-0.2, 0) is 11.3 Å². The molecule has 0 unspecified atom stereocenters. The first kappa shape index (κ1) is 29.4. The molecule has 9 nitrogen and oxygen atoms in total. The second-order valence-corrected chi connectivity index (χ2v) is 12.6. The van der Waals surface area contributed by atoms with Gasteiger partial charge in [-0.05, 0) is 87.4 Å². The van der Waals surface area contributed by atoms with Crippen molar-refractivity contribution >= 4 is 28.1 Å². The number of nitrogens with zero attached hydrogens (tertiary/aromatic N) is 5. The number of nitrogens with one attached hydrogen (secondary N) is 2. The predicted octanol–water partition coefficient (Wildman–Crippen LogP) is 5.04. The third kappa shape index (κ3) is 8.01. The molecule has 0 radical (unpaired) electrons. The topological polar surface area (TPSA) is 87.5 Å². The Labute approximate surface area is 248 Å². The molecule has 222 valence electrons. The normalized spacial score (nSPS) is 20.2. The highest BCUT2D eigenvalue weighted by Gasteiger charge is 2.27. The fraction of sp³-hybridized carbons (Fsp3) is 0.581. The Morgan fingerprint density at radius 2 is 1.78 bits per heavy atom. The van der Waals surface area contributed by atoms with Gasteiger partial charge in [0, 0.05) is 56.2 Å². The molecule has 0 bridgehead atoms. The summed E-state index contributed by atoms with van der Waals surface area (Å²) in [6.45, 7) is 13.9. The number of hydrogen-bond donors (Lipinski definition) is 2. The highest BCUT2D eigenvalue weighted by Crippen LogP contribution is 2.29. The lowest BCUT2D eigenvalue weighted by Crippen LogP contribution is -2.42. The monoisotopic (exact) mass is 579 g/mol. The van der Waals surface area contributed by atoms with Crippen LogP contribution < -0.4 is 20.3 Å². The molecule has 41 heavy (non-hydrogen) atoms. The smallest absolute Gasteiger partial charge is 0.223 e. The summed E-state index contributed by atoms with van der Waals surface area (Å²) in [6.07, 6.45) is 6.09. The minimum absolute atomic E-state index is 0.0819. The van der Waals surface area contributed by atoms with E-state index in [2.05, 4.69) is 55.1 Å². The summed E-state index contributed by atoms with van der Waals surface area (Å²) in [6, 6.07) is 12.1. The average molecular weight is 580 g/mol. The van der Waals surface area contributed by atoms with Crippen LogP contribution in [0.5, 0.6) is 5.75 Å². The largest absolute Gasteiger partial charge is 0.494 e. The van der Waals surface area contributed by atoms with E-state index in [1.807, 2.05) is 43.5 Å². The molecule has 2 fully saturated rings. The van der Waals surface area contributed by atoms with Crippen molar-refractivity contribution in [3.05, 3.63) is 48.3 Å². The molecule has 2 aliphatic heterocycles. The number of likely N-dealkylation sites (tertiary alicyclic amines) is 1. The van der Waals surface area contributed by atoms with Gasteiger partial charge in [-0.1, -0.05) is 25.2 Å². The molecular weight excluding hydrogens is 534 g/mol. The average Bonchev–Trinajstić information content (AvgIpc) is 3.65. The zero-order valence-corrected chi connectivity index (χ0v) is 25.5. The highest BCUT2D eigenvalue weighted by molar-refractivity contribution is 7.17. The van der Waals surface area contributed by atoms with Crippen molar-refractivity contribution in [1.82, 2.24) is 25.0 Å². The van der Waals surface area contributed by atoms with Gasteiger partial charge in [0.25, 0.3) is 0 Å². The third-order valence-corrected chi connectivity index (χ3v) is 9.10. The summed E-state index contributed by atoms with van der Waals surface area (Å²) in [4.78, 5) is 17.7. The van der Waals surface area contributed by atoms with Crippen molar-refractivity contribution in [2.75, 3.05) is 56.1 Å². The molecule has 2 atom stereocenters. The Balaban J connectivity index is 1.05. The Hall–Kier alpha value is -3.11. The summed E-state index contributed by atoms with van der Waals surface area (Å²) in [5.74, 6) is 2.72. The lowest BCUT2D eigenvalue weighted by Gasteiger charge is -2.35. The minimum atomic E-state index is 0.0819. The van der Waals surface area contributed by atoms with Crippen LogP contribution in [0.25, 0.3) is 5.13 Å². The van der Waals surface area contributed by atoms with Crippen LogP contribution in [0.2, 0.25) is 0 Å². The van der Waals surface area contributed by atoms with Crippen molar-refractivity contribution in [3.63, 3.8) is 0 Å². The summed E-state index contributed by atoms with van der Waals surface area (Å²) in [5, 5.41) is 17.5. The summed E-state index contributed by atoms with van der Waals surface area (Å²) < 4.78 is 7.62. The third-order valence-electron chi connectivity index (χ3n) is 8.11. The molecule has 0 spiro atoms. The second-order valence-electron chi connectivity index (χ2n) is 11.7. The van der Waals surface area contributed by atoms with Gasteiger partial charge in [-0.15, -0.1) is 10.2 Å². The van der Waals surface area contributed by atoms with Crippen molar-refractivity contribution in [3.8, 4) is 10.9 Å². The van der Waals surface area contributed by atoms with E-state index in [4.69, 9.17) is 4.74 Å². The fourth-order valence-electron chi connectivity index (χ4n) is 6.17. The van der Waals surface area contributed by atoms with Gasteiger partial charge in [0.1, 0.15) is 5.75 Å². The quantitative estimate of drug-likeness (QED) is 0.291. The molecule has 0 saturated carbocycles. The lowest BCUT2D eigenvalue weighted by atomic mass is 9.92. The van der Waals surface area contributed by atoms with Crippen LogP contribution in [-0.4, -0.2) is 71.4 Å². The molecule has 2 saturated heterocycles. The van der Waals surface area contributed by atoms with Crippen LogP contribution in [0.4, 0.5) is 10.8 Å². The first-order valence-corrected chi connectivity index (χ1v) is 16.0.